The van der Waals surface area contributed by atoms with Crippen molar-refractivity contribution in [1.82, 2.24) is 4.98 Å². The molecule has 0 fully saturated rings. The minimum atomic E-state index is -2.67. The van der Waals surface area contributed by atoms with Gasteiger partial charge in [0.1, 0.15) is 11.5 Å². The zero-order valence-electron chi connectivity index (χ0n) is 10.1. The molecule has 1 aromatic carbocycles. The molecule has 0 aliphatic heterocycles. The quantitative estimate of drug-likeness (QED) is 0.893. The van der Waals surface area contributed by atoms with Crippen LogP contribution in [0.4, 0.5) is 18.9 Å². The number of hydrogen-bond acceptors (Lipinski definition) is 2. The van der Waals surface area contributed by atoms with E-state index in [1.807, 2.05) is 6.92 Å². The maximum Gasteiger partial charge on any atom is 0.280 e. The van der Waals surface area contributed by atoms with Crippen LogP contribution in [0, 0.1) is 12.7 Å². The zero-order valence-corrected chi connectivity index (χ0v) is 10.1. The van der Waals surface area contributed by atoms with Crippen molar-refractivity contribution in [2.75, 3.05) is 11.9 Å². The summed E-state index contributed by atoms with van der Waals surface area (Å²) in [5.41, 5.74) is 0.783. The summed E-state index contributed by atoms with van der Waals surface area (Å²) in [6.45, 7) is 4.00. The van der Waals surface area contributed by atoms with E-state index in [4.69, 9.17) is 0 Å². The van der Waals surface area contributed by atoms with Crippen molar-refractivity contribution in [3.63, 3.8) is 0 Å². The molecule has 0 unspecified atom stereocenters. The van der Waals surface area contributed by atoms with E-state index in [1.54, 1.807) is 6.07 Å². The molecule has 0 radical (unpaired) electrons. The lowest BCUT2D eigenvalue weighted by Gasteiger charge is -2.12. The highest BCUT2D eigenvalue weighted by molar-refractivity contribution is 5.93. The second-order valence-corrected chi connectivity index (χ2v) is 3.99. The summed E-state index contributed by atoms with van der Waals surface area (Å²) in [4.78, 5) is 3.85. The van der Waals surface area contributed by atoms with Crippen molar-refractivity contribution >= 4 is 16.6 Å². The third-order valence-electron chi connectivity index (χ3n) is 2.78. The number of benzene rings is 1. The average Bonchev–Trinajstić information content (AvgIpc) is 2.34. The molecular formula is C13H13F3N2. The van der Waals surface area contributed by atoms with Gasteiger partial charge in [-0.1, -0.05) is 0 Å². The molecule has 0 bridgehead atoms. The summed E-state index contributed by atoms with van der Waals surface area (Å²) in [7, 11) is 0. The van der Waals surface area contributed by atoms with Crippen molar-refractivity contribution in [3.05, 3.63) is 35.3 Å². The van der Waals surface area contributed by atoms with Gasteiger partial charge in [0.25, 0.3) is 6.43 Å². The molecule has 0 saturated carbocycles. The number of alkyl halides is 2. The van der Waals surface area contributed by atoms with Crippen LogP contribution in [-0.2, 0) is 0 Å². The molecule has 0 spiro atoms. The fourth-order valence-corrected chi connectivity index (χ4v) is 1.87. The van der Waals surface area contributed by atoms with E-state index in [0.29, 0.717) is 17.6 Å². The molecule has 0 aliphatic rings. The first-order valence-corrected chi connectivity index (χ1v) is 5.66. The first-order valence-electron chi connectivity index (χ1n) is 5.66. The predicted molar refractivity (Wildman–Crippen MR) is 65.6 cm³/mol. The van der Waals surface area contributed by atoms with Crippen molar-refractivity contribution < 1.29 is 13.2 Å². The Labute approximate surface area is 103 Å². The Bertz CT molecular complexity index is 582. The Morgan fingerprint density at radius 2 is 2.06 bits per heavy atom. The monoisotopic (exact) mass is 254 g/mol. The highest BCUT2D eigenvalue weighted by Gasteiger charge is 2.15. The Balaban J connectivity index is 2.77. The number of pyridine rings is 1. The summed E-state index contributed by atoms with van der Waals surface area (Å²) in [6.07, 6.45) is -2.67. The molecule has 5 heteroatoms. The van der Waals surface area contributed by atoms with Crippen molar-refractivity contribution in [2.24, 2.45) is 0 Å². The summed E-state index contributed by atoms with van der Waals surface area (Å²) in [5.74, 6) is -0.441. The highest BCUT2D eigenvalue weighted by Crippen LogP contribution is 2.30. The maximum absolute atomic E-state index is 13.5. The summed E-state index contributed by atoms with van der Waals surface area (Å²) >= 11 is 0. The van der Waals surface area contributed by atoms with Gasteiger partial charge in [-0.15, -0.1) is 0 Å². The van der Waals surface area contributed by atoms with Crippen LogP contribution in [-0.4, -0.2) is 11.5 Å². The van der Waals surface area contributed by atoms with Gasteiger partial charge in [-0.3, -0.25) is 0 Å². The van der Waals surface area contributed by atoms with Gasteiger partial charge in [0, 0.05) is 23.2 Å². The van der Waals surface area contributed by atoms with Crippen molar-refractivity contribution in [2.45, 2.75) is 20.3 Å². The van der Waals surface area contributed by atoms with Gasteiger partial charge in [-0.2, -0.15) is 0 Å². The lowest BCUT2D eigenvalue weighted by Crippen LogP contribution is -2.02. The first kappa shape index (κ1) is 12.7. The minimum absolute atomic E-state index is 0.281. The topological polar surface area (TPSA) is 24.9 Å². The number of rotatable bonds is 3. The van der Waals surface area contributed by atoms with Crippen molar-refractivity contribution in [3.8, 4) is 0 Å². The lowest BCUT2D eigenvalue weighted by atomic mass is 10.1. The number of anilines is 1. The highest BCUT2D eigenvalue weighted by atomic mass is 19.3. The number of aryl methyl sites for hydroxylation is 1. The van der Waals surface area contributed by atoms with Gasteiger partial charge in [-0.25, -0.2) is 18.2 Å². The fraction of sp³-hybridized carbons (Fsp3) is 0.308. The van der Waals surface area contributed by atoms with Gasteiger partial charge < -0.3 is 5.32 Å². The van der Waals surface area contributed by atoms with E-state index in [0.717, 1.165) is 0 Å². The molecule has 1 N–H and O–H groups in total. The van der Waals surface area contributed by atoms with Gasteiger partial charge in [-0.05, 0) is 32.0 Å². The first-order chi connectivity index (χ1) is 8.54. The lowest BCUT2D eigenvalue weighted by molar-refractivity contribution is 0.146. The third kappa shape index (κ3) is 2.12. The number of nitrogens with zero attached hydrogens (tertiary/aromatic N) is 1. The SMILES string of the molecule is CCNc1cc(C(F)F)nc2c(C)c(F)ccc12. The van der Waals surface area contributed by atoms with Gasteiger partial charge >= 0.3 is 0 Å². The van der Waals surface area contributed by atoms with Crippen LogP contribution in [0.1, 0.15) is 24.6 Å². The van der Waals surface area contributed by atoms with Crippen LogP contribution in [0.15, 0.2) is 18.2 Å². The Morgan fingerprint density at radius 3 is 2.67 bits per heavy atom. The van der Waals surface area contributed by atoms with Gasteiger partial charge in [0.2, 0.25) is 0 Å². The molecule has 0 amide bonds. The molecule has 96 valence electrons. The molecule has 0 atom stereocenters. The smallest absolute Gasteiger partial charge is 0.280 e. The van der Waals surface area contributed by atoms with Crippen LogP contribution in [0.25, 0.3) is 10.9 Å². The second-order valence-electron chi connectivity index (χ2n) is 3.99. The number of nitrogens with one attached hydrogen (secondary N) is 1. The molecule has 2 nitrogen and oxygen atoms in total. The molecule has 18 heavy (non-hydrogen) atoms. The molecule has 1 heterocycles. The Morgan fingerprint density at radius 1 is 1.33 bits per heavy atom. The fourth-order valence-electron chi connectivity index (χ4n) is 1.87. The molecular weight excluding hydrogens is 241 g/mol. The van der Waals surface area contributed by atoms with E-state index in [9.17, 15) is 13.2 Å². The largest absolute Gasteiger partial charge is 0.385 e. The van der Waals surface area contributed by atoms with E-state index >= 15 is 0 Å². The minimum Gasteiger partial charge on any atom is -0.385 e. The molecule has 1 aromatic heterocycles. The standard InChI is InChI=1S/C13H13F3N2/c1-3-17-10-6-11(13(15)16)18-12-7(2)9(14)5-4-8(10)12/h4-6,13H,3H2,1-2H3,(H,17,18). The Kier molecular flexibility index (Phi) is 3.41. The second kappa shape index (κ2) is 4.84. The maximum atomic E-state index is 13.5. The molecule has 2 rings (SSSR count). The van der Waals surface area contributed by atoms with Gasteiger partial charge in [0.15, 0.2) is 0 Å². The van der Waals surface area contributed by atoms with E-state index in [-0.39, 0.29) is 16.8 Å². The number of hydrogen-bond donors (Lipinski definition) is 1. The van der Waals surface area contributed by atoms with E-state index < -0.39 is 12.2 Å². The van der Waals surface area contributed by atoms with E-state index in [1.165, 1.54) is 19.1 Å². The summed E-state index contributed by atoms with van der Waals surface area (Å²) in [5, 5.41) is 3.65. The van der Waals surface area contributed by atoms with Crippen LogP contribution in [0.3, 0.4) is 0 Å². The molecule has 2 aromatic rings. The van der Waals surface area contributed by atoms with Crippen LogP contribution in [0.2, 0.25) is 0 Å². The summed E-state index contributed by atoms with van der Waals surface area (Å²) in [6, 6.07) is 4.19. The summed E-state index contributed by atoms with van der Waals surface area (Å²) < 4.78 is 39.0. The zero-order chi connectivity index (χ0) is 13.3. The predicted octanol–water partition coefficient (Wildman–Crippen LogP) is 4.05. The normalized spacial score (nSPS) is 11.2. The van der Waals surface area contributed by atoms with Crippen LogP contribution in [0.5, 0.6) is 0 Å². The molecule has 0 aliphatic carbocycles. The van der Waals surface area contributed by atoms with Gasteiger partial charge in [0.05, 0.1) is 5.52 Å². The molecule has 0 saturated heterocycles. The van der Waals surface area contributed by atoms with E-state index in [2.05, 4.69) is 10.3 Å². The Hall–Kier alpha value is -1.78. The number of halogens is 3. The third-order valence-corrected chi connectivity index (χ3v) is 2.78. The number of fused-ring (bicyclic) bond motifs is 1. The van der Waals surface area contributed by atoms with Crippen LogP contribution < -0.4 is 5.32 Å². The number of aromatic nitrogens is 1. The average molecular weight is 254 g/mol. The van der Waals surface area contributed by atoms with Crippen LogP contribution >= 0.6 is 0 Å². The van der Waals surface area contributed by atoms with Crippen molar-refractivity contribution in [1.29, 1.82) is 0 Å².